The van der Waals surface area contributed by atoms with E-state index in [4.69, 9.17) is 10.5 Å². The highest BCUT2D eigenvalue weighted by molar-refractivity contribution is 5.98. The van der Waals surface area contributed by atoms with E-state index in [2.05, 4.69) is 17.9 Å². The molecule has 0 saturated heterocycles. The fourth-order valence-corrected chi connectivity index (χ4v) is 5.13. The van der Waals surface area contributed by atoms with Crippen LogP contribution < -0.4 is 15.4 Å². The van der Waals surface area contributed by atoms with E-state index in [-0.39, 0.29) is 11.9 Å². The summed E-state index contributed by atoms with van der Waals surface area (Å²) in [4.78, 5) is 29.3. The third-order valence-corrected chi connectivity index (χ3v) is 6.93. The van der Waals surface area contributed by atoms with Crippen LogP contribution in [-0.4, -0.2) is 49.0 Å². The summed E-state index contributed by atoms with van der Waals surface area (Å²) in [5.41, 5.74) is 7.00. The lowest BCUT2D eigenvalue weighted by Crippen LogP contribution is -2.65. The minimum atomic E-state index is -0.822. The molecule has 0 aliphatic carbocycles. The number of primary amides is 1. The normalized spacial score (nSPS) is 22.9. The van der Waals surface area contributed by atoms with E-state index in [1.54, 1.807) is 11.0 Å². The Morgan fingerprint density at radius 1 is 1.19 bits per heavy atom. The molecule has 32 heavy (non-hydrogen) atoms. The summed E-state index contributed by atoms with van der Waals surface area (Å²) in [5.74, 6) is -0.461. The molecule has 6 nitrogen and oxygen atoms in total. The van der Waals surface area contributed by atoms with Crippen LogP contribution in [-0.2, 0) is 15.0 Å². The van der Waals surface area contributed by atoms with Crippen molar-refractivity contribution in [3.63, 3.8) is 0 Å². The number of hydrogen-bond acceptors (Lipinski definition) is 4. The van der Waals surface area contributed by atoms with Crippen molar-refractivity contribution in [3.8, 4) is 5.75 Å². The highest BCUT2D eigenvalue weighted by atomic mass is 16.5. The molecule has 3 rings (SSSR count). The van der Waals surface area contributed by atoms with E-state index in [0.29, 0.717) is 6.61 Å². The van der Waals surface area contributed by atoms with E-state index in [9.17, 15) is 9.59 Å². The minimum absolute atomic E-state index is 0.130. The van der Waals surface area contributed by atoms with Gasteiger partial charge in [0.05, 0.1) is 11.5 Å². The first-order chi connectivity index (χ1) is 14.9. The van der Waals surface area contributed by atoms with Gasteiger partial charge in [0.25, 0.3) is 0 Å². The Kier molecular flexibility index (Phi) is 6.38. The Morgan fingerprint density at radius 2 is 1.81 bits per heavy atom. The first-order valence-electron chi connectivity index (χ1n) is 10.9. The van der Waals surface area contributed by atoms with Crippen LogP contribution in [0.1, 0.15) is 45.7 Å². The van der Waals surface area contributed by atoms with Crippen LogP contribution in [0.4, 0.5) is 5.69 Å². The molecule has 1 heterocycles. The molecular weight excluding hydrogens is 402 g/mol. The maximum absolute atomic E-state index is 12.9. The van der Waals surface area contributed by atoms with Gasteiger partial charge in [0.15, 0.2) is 0 Å². The molecule has 2 aromatic rings. The van der Waals surface area contributed by atoms with Gasteiger partial charge in [-0.25, -0.2) is 0 Å². The van der Waals surface area contributed by atoms with Crippen LogP contribution in [0.15, 0.2) is 42.5 Å². The largest absolute Gasteiger partial charge is 0.492 e. The van der Waals surface area contributed by atoms with Crippen molar-refractivity contribution in [2.75, 3.05) is 25.6 Å². The van der Waals surface area contributed by atoms with Gasteiger partial charge < -0.3 is 20.3 Å². The lowest BCUT2D eigenvalue weighted by molar-refractivity contribution is -0.127. The van der Waals surface area contributed by atoms with Crippen molar-refractivity contribution in [3.05, 3.63) is 59.7 Å². The van der Waals surface area contributed by atoms with Crippen LogP contribution >= 0.6 is 0 Å². The predicted octanol–water partition coefficient (Wildman–Crippen LogP) is 3.37. The summed E-state index contributed by atoms with van der Waals surface area (Å²) in [6, 6.07) is 16.8. The van der Waals surface area contributed by atoms with Crippen molar-refractivity contribution in [2.24, 2.45) is 11.7 Å². The molecule has 1 aliphatic heterocycles. The number of fused-ring (bicyclic) bond motifs is 1. The number of likely N-dealkylation sites (N-methyl/N-ethyl adjacent to an activating group) is 1. The minimum Gasteiger partial charge on any atom is -0.492 e. The zero-order valence-electron chi connectivity index (χ0n) is 20.1. The molecule has 0 aromatic heterocycles. The van der Waals surface area contributed by atoms with E-state index >= 15 is 0 Å². The van der Waals surface area contributed by atoms with E-state index in [1.807, 2.05) is 71.3 Å². The van der Waals surface area contributed by atoms with E-state index < -0.39 is 22.8 Å². The van der Waals surface area contributed by atoms with Gasteiger partial charge in [-0.1, -0.05) is 25.1 Å². The Morgan fingerprint density at radius 3 is 2.34 bits per heavy atom. The second-order valence-electron chi connectivity index (χ2n) is 9.64. The second-order valence-corrected chi connectivity index (χ2v) is 9.64. The molecule has 0 fully saturated rings. The number of hydrogen-bond donors (Lipinski definition) is 1. The van der Waals surface area contributed by atoms with Gasteiger partial charge in [-0.3, -0.25) is 9.59 Å². The van der Waals surface area contributed by atoms with Crippen LogP contribution in [0.2, 0.25) is 0 Å². The number of nitrogens with two attached hydrogens (primary N) is 1. The Balaban J connectivity index is 2.11. The monoisotopic (exact) mass is 436 g/mol. The molecular formula is C26H34N3O3. The lowest BCUT2D eigenvalue weighted by Gasteiger charge is -2.55. The van der Waals surface area contributed by atoms with Crippen molar-refractivity contribution < 1.29 is 14.3 Å². The van der Waals surface area contributed by atoms with Crippen molar-refractivity contribution in [1.82, 2.24) is 4.90 Å². The maximum atomic E-state index is 12.9. The molecule has 171 valence electrons. The SMILES string of the molecule is CC(=O)N1c2cc[c]cc2C(C)(c2ccc(OCC(C)N(C)C)cc2)C(C(N)=O)C1(C)C. The standard InChI is InChI=1S/C26H34N3O3/c1-17(28(6)7)16-32-20-14-12-19(13-15-20)26(5)21-10-8-9-11-22(21)29(18(2)30)25(3,4)23(26)24(27)31/h9-15,17,23H,16H2,1-7H3,(H2,27,31). The van der Waals surface area contributed by atoms with Crippen LogP contribution in [0.25, 0.3) is 0 Å². The maximum Gasteiger partial charge on any atom is 0.224 e. The van der Waals surface area contributed by atoms with E-state index in [1.165, 1.54) is 6.92 Å². The molecule has 2 amide bonds. The van der Waals surface area contributed by atoms with Gasteiger partial charge in [-0.2, -0.15) is 0 Å². The van der Waals surface area contributed by atoms with Gasteiger partial charge >= 0.3 is 0 Å². The number of rotatable bonds is 6. The predicted molar refractivity (Wildman–Crippen MR) is 127 cm³/mol. The Bertz CT molecular complexity index is 1000. The number of anilines is 1. The van der Waals surface area contributed by atoms with Crippen LogP contribution in [0.3, 0.4) is 0 Å². The van der Waals surface area contributed by atoms with Crippen LogP contribution in [0.5, 0.6) is 5.75 Å². The second kappa shape index (κ2) is 8.58. The highest BCUT2D eigenvalue weighted by Crippen LogP contribution is 2.54. The van der Waals surface area contributed by atoms with Crippen molar-refractivity contribution in [1.29, 1.82) is 0 Å². The molecule has 3 unspecified atom stereocenters. The summed E-state index contributed by atoms with van der Waals surface area (Å²) in [6.45, 7) is 10.0. The molecule has 3 atom stereocenters. The molecule has 0 bridgehead atoms. The first-order valence-corrected chi connectivity index (χ1v) is 10.9. The third-order valence-electron chi connectivity index (χ3n) is 6.93. The summed E-state index contributed by atoms with van der Waals surface area (Å²) >= 11 is 0. The fraction of sp³-hybridized carbons (Fsp3) is 0.462. The number of carbonyl (C=O) groups is 2. The van der Waals surface area contributed by atoms with Gasteiger partial charge in [0.2, 0.25) is 11.8 Å². The molecule has 2 aromatic carbocycles. The summed E-state index contributed by atoms with van der Waals surface area (Å²) < 4.78 is 5.95. The lowest BCUT2D eigenvalue weighted by atomic mass is 9.57. The first kappa shape index (κ1) is 23.8. The summed E-state index contributed by atoms with van der Waals surface area (Å²) in [6.07, 6.45) is 0. The molecule has 1 aliphatic rings. The average Bonchev–Trinajstić information content (AvgIpc) is 2.71. The number of carbonyl (C=O) groups excluding carboxylic acids is 2. The topological polar surface area (TPSA) is 75.9 Å². The molecule has 6 heteroatoms. The number of nitrogens with zero attached hydrogens (tertiary/aromatic N) is 2. The summed E-state index contributed by atoms with van der Waals surface area (Å²) in [5, 5.41) is 0. The molecule has 2 N–H and O–H groups in total. The van der Waals surface area contributed by atoms with Gasteiger partial charge in [-0.05, 0) is 76.3 Å². The van der Waals surface area contributed by atoms with Crippen LogP contribution in [0, 0.1) is 12.0 Å². The van der Waals surface area contributed by atoms with Gasteiger partial charge in [-0.15, -0.1) is 0 Å². The smallest absolute Gasteiger partial charge is 0.224 e. The Labute approximate surface area is 191 Å². The van der Waals surface area contributed by atoms with Gasteiger partial charge in [0, 0.05) is 24.1 Å². The highest BCUT2D eigenvalue weighted by Gasteiger charge is 2.57. The zero-order chi connectivity index (χ0) is 23.8. The van der Waals surface area contributed by atoms with Crippen molar-refractivity contribution in [2.45, 2.75) is 51.6 Å². The number of ether oxygens (including phenoxy) is 1. The molecule has 1 radical (unpaired) electrons. The van der Waals surface area contributed by atoms with Crippen molar-refractivity contribution >= 4 is 17.5 Å². The number of benzene rings is 2. The van der Waals surface area contributed by atoms with Gasteiger partial charge in [0.1, 0.15) is 12.4 Å². The number of amides is 2. The summed E-state index contributed by atoms with van der Waals surface area (Å²) in [7, 11) is 4.04. The quantitative estimate of drug-likeness (QED) is 0.753. The molecule has 0 spiro atoms. The van der Waals surface area contributed by atoms with E-state index in [0.717, 1.165) is 22.6 Å². The fourth-order valence-electron chi connectivity index (χ4n) is 5.13. The third kappa shape index (κ3) is 3.88. The Hall–Kier alpha value is -2.86. The molecule has 0 saturated carbocycles. The zero-order valence-corrected chi connectivity index (χ0v) is 20.1. The average molecular weight is 437 g/mol.